The fourth-order valence-corrected chi connectivity index (χ4v) is 4.60. The Morgan fingerprint density at radius 1 is 1.21 bits per heavy atom. The Labute approximate surface area is 132 Å². The van der Waals surface area contributed by atoms with E-state index in [4.69, 9.17) is 12.2 Å². The molecule has 0 spiro atoms. The topological polar surface area (TPSA) is 28.7 Å². The van der Waals surface area contributed by atoms with Gasteiger partial charge in [0.05, 0.1) is 10.2 Å². The molecule has 2 saturated carbocycles. The first-order chi connectivity index (χ1) is 9.24. The van der Waals surface area contributed by atoms with Crippen molar-refractivity contribution in [2.45, 2.75) is 61.9 Å². The molecule has 0 aromatic carbocycles. The van der Waals surface area contributed by atoms with Gasteiger partial charge in [-0.25, -0.2) is 4.98 Å². The summed E-state index contributed by atoms with van der Waals surface area (Å²) in [6.07, 6.45) is 9.52. The van der Waals surface area contributed by atoms with Gasteiger partial charge < -0.3 is 4.98 Å². The number of H-pyrrole nitrogens is 1. The summed E-state index contributed by atoms with van der Waals surface area (Å²) in [7, 11) is 0. The number of halogens is 1. The molecule has 2 aliphatic rings. The van der Waals surface area contributed by atoms with Crippen molar-refractivity contribution in [1.82, 2.24) is 9.97 Å². The van der Waals surface area contributed by atoms with Crippen molar-refractivity contribution in [3.8, 4) is 0 Å². The standard InChI is InChI=1S/C14H19BrN2S2/c15-12-13(9-6-7-9)16-11(17-14(12)18)8-19-10-4-2-1-3-5-10/h9-10H,1-8H2,(H,16,17,18). The van der Waals surface area contributed by atoms with Gasteiger partial charge in [-0.1, -0.05) is 31.5 Å². The molecule has 2 fully saturated rings. The van der Waals surface area contributed by atoms with E-state index in [-0.39, 0.29) is 0 Å². The zero-order chi connectivity index (χ0) is 13.2. The average molecular weight is 359 g/mol. The number of aromatic nitrogens is 2. The molecule has 5 heteroatoms. The first kappa shape index (κ1) is 14.1. The van der Waals surface area contributed by atoms with E-state index in [0.717, 1.165) is 25.9 Å². The van der Waals surface area contributed by atoms with E-state index in [1.54, 1.807) is 0 Å². The molecule has 0 bridgehead atoms. The van der Waals surface area contributed by atoms with Gasteiger partial charge in [0.25, 0.3) is 0 Å². The highest BCUT2D eigenvalue weighted by Crippen LogP contribution is 2.42. The van der Waals surface area contributed by atoms with E-state index in [1.165, 1.54) is 50.6 Å². The lowest BCUT2D eigenvalue weighted by molar-refractivity contribution is 0.516. The van der Waals surface area contributed by atoms with E-state index in [1.807, 2.05) is 0 Å². The molecule has 0 amide bonds. The maximum Gasteiger partial charge on any atom is 0.144 e. The van der Waals surface area contributed by atoms with E-state index in [0.29, 0.717) is 5.92 Å². The number of aromatic amines is 1. The molecule has 0 unspecified atom stereocenters. The van der Waals surface area contributed by atoms with Crippen LogP contribution in [0.3, 0.4) is 0 Å². The van der Waals surface area contributed by atoms with Crippen molar-refractivity contribution >= 4 is 39.9 Å². The van der Waals surface area contributed by atoms with Crippen molar-refractivity contribution in [3.05, 3.63) is 20.6 Å². The van der Waals surface area contributed by atoms with Gasteiger partial charge in [0.1, 0.15) is 10.5 Å². The van der Waals surface area contributed by atoms with Gasteiger partial charge in [-0.3, -0.25) is 0 Å². The lowest BCUT2D eigenvalue weighted by atomic mass is 10.0. The van der Waals surface area contributed by atoms with Crippen LogP contribution in [-0.2, 0) is 5.75 Å². The minimum absolute atomic E-state index is 0.678. The summed E-state index contributed by atoms with van der Waals surface area (Å²) in [6.45, 7) is 0. The van der Waals surface area contributed by atoms with Crippen LogP contribution in [0.25, 0.3) is 0 Å². The van der Waals surface area contributed by atoms with Crippen LogP contribution in [0.4, 0.5) is 0 Å². The Kier molecular flexibility index (Phi) is 4.65. The fourth-order valence-electron chi connectivity index (χ4n) is 2.68. The highest BCUT2D eigenvalue weighted by Gasteiger charge is 2.27. The Bertz CT molecular complexity index is 505. The minimum atomic E-state index is 0.678. The smallest absolute Gasteiger partial charge is 0.144 e. The maximum absolute atomic E-state index is 5.36. The Balaban J connectivity index is 1.68. The first-order valence-corrected chi connectivity index (χ1v) is 9.39. The van der Waals surface area contributed by atoms with Crippen LogP contribution in [0, 0.1) is 4.64 Å². The van der Waals surface area contributed by atoms with Crippen LogP contribution >= 0.6 is 39.9 Å². The van der Waals surface area contributed by atoms with Gasteiger partial charge in [-0.15, -0.1) is 0 Å². The predicted octanol–water partition coefficient (Wildman–Crippen LogP) is 5.34. The van der Waals surface area contributed by atoms with Crippen molar-refractivity contribution in [2.24, 2.45) is 0 Å². The van der Waals surface area contributed by atoms with E-state index >= 15 is 0 Å². The number of nitrogens with zero attached hydrogens (tertiary/aromatic N) is 1. The van der Waals surface area contributed by atoms with Crippen LogP contribution < -0.4 is 0 Å². The molecular formula is C14H19BrN2S2. The Hall–Kier alpha value is 0.130. The summed E-state index contributed by atoms with van der Waals surface area (Å²) < 4.78 is 1.73. The van der Waals surface area contributed by atoms with E-state index in [2.05, 4.69) is 37.7 Å². The largest absolute Gasteiger partial charge is 0.345 e. The molecule has 2 nitrogen and oxygen atoms in total. The SMILES string of the molecule is S=c1nc(CSC2CCCCC2)[nH]c(C2CC2)c1Br. The van der Waals surface area contributed by atoms with Gasteiger partial charge in [0, 0.05) is 16.9 Å². The monoisotopic (exact) mass is 358 g/mol. The normalized spacial score (nSPS) is 20.7. The highest BCUT2D eigenvalue weighted by molar-refractivity contribution is 9.10. The van der Waals surface area contributed by atoms with E-state index in [9.17, 15) is 0 Å². The van der Waals surface area contributed by atoms with Crippen molar-refractivity contribution in [1.29, 1.82) is 0 Å². The predicted molar refractivity (Wildman–Crippen MR) is 87.3 cm³/mol. The molecule has 3 rings (SSSR count). The third-order valence-corrected chi connectivity index (χ3v) is 6.68. The molecule has 0 atom stereocenters. The zero-order valence-corrected chi connectivity index (χ0v) is 14.2. The maximum atomic E-state index is 5.36. The van der Waals surface area contributed by atoms with E-state index < -0.39 is 0 Å². The van der Waals surface area contributed by atoms with Gasteiger partial charge >= 0.3 is 0 Å². The van der Waals surface area contributed by atoms with Gasteiger partial charge in [0.2, 0.25) is 0 Å². The van der Waals surface area contributed by atoms with Crippen LogP contribution in [0.5, 0.6) is 0 Å². The summed E-state index contributed by atoms with van der Waals surface area (Å²) >= 11 is 11.0. The number of nitrogens with one attached hydrogen (secondary N) is 1. The molecule has 2 aliphatic carbocycles. The third kappa shape index (κ3) is 3.61. The van der Waals surface area contributed by atoms with Crippen molar-refractivity contribution in [3.63, 3.8) is 0 Å². The number of hydrogen-bond acceptors (Lipinski definition) is 3. The summed E-state index contributed by atoms with van der Waals surface area (Å²) in [5.41, 5.74) is 1.28. The molecule has 0 aliphatic heterocycles. The van der Waals surface area contributed by atoms with Crippen LogP contribution in [0.2, 0.25) is 0 Å². The van der Waals surface area contributed by atoms with Crippen LogP contribution in [-0.4, -0.2) is 15.2 Å². The molecule has 0 radical (unpaired) electrons. The van der Waals surface area contributed by atoms with Crippen LogP contribution in [0.1, 0.15) is 62.4 Å². The van der Waals surface area contributed by atoms with Crippen LogP contribution in [0.15, 0.2) is 4.47 Å². The lowest BCUT2D eigenvalue weighted by Gasteiger charge is -2.20. The number of thioether (sulfide) groups is 1. The van der Waals surface area contributed by atoms with Crippen molar-refractivity contribution in [2.75, 3.05) is 0 Å². The third-order valence-electron chi connectivity index (χ3n) is 3.93. The number of rotatable bonds is 4. The van der Waals surface area contributed by atoms with Gasteiger partial charge in [0.15, 0.2) is 0 Å². The summed E-state index contributed by atoms with van der Waals surface area (Å²) in [5.74, 6) is 2.71. The average Bonchev–Trinajstić information content (AvgIpc) is 3.25. The molecule has 1 aromatic heterocycles. The lowest BCUT2D eigenvalue weighted by Crippen LogP contribution is -2.09. The van der Waals surface area contributed by atoms with Crippen molar-refractivity contribution < 1.29 is 0 Å². The first-order valence-electron chi connectivity index (χ1n) is 7.14. The fraction of sp³-hybridized carbons (Fsp3) is 0.714. The second-order valence-electron chi connectivity index (χ2n) is 5.56. The summed E-state index contributed by atoms with van der Waals surface area (Å²) in [4.78, 5) is 8.03. The minimum Gasteiger partial charge on any atom is -0.345 e. The van der Waals surface area contributed by atoms with Gasteiger partial charge in [-0.2, -0.15) is 11.8 Å². The molecular weight excluding hydrogens is 340 g/mol. The molecule has 1 heterocycles. The molecule has 104 valence electrons. The zero-order valence-electron chi connectivity index (χ0n) is 11.0. The summed E-state index contributed by atoms with van der Waals surface area (Å²) in [5, 5.41) is 0.825. The summed E-state index contributed by atoms with van der Waals surface area (Å²) in [6, 6.07) is 0. The molecule has 1 aromatic rings. The second kappa shape index (κ2) is 6.27. The molecule has 1 N–H and O–H groups in total. The molecule has 0 saturated heterocycles. The van der Waals surface area contributed by atoms with Gasteiger partial charge in [-0.05, 0) is 41.6 Å². The number of hydrogen-bond donors (Lipinski definition) is 1. The quantitative estimate of drug-likeness (QED) is 0.735. The Morgan fingerprint density at radius 3 is 2.63 bits per heavy atom. The highest BCUT2D eigenvalue weighted by atomic mass is 79.9. The second-order valence-corrected chi connectivity index (χ2v) is 8.03. The Morgan fingerprint density at radius 2 is 1.95 bits per heavy atom. The molecule has 19 heavy (non-hydrogen) atoms.